The van der Waals surface area contributed by atoms with Crippen molar-refractivity contribution in [2.45, 2.75) is 25.9 Å². The van der Waals surface area contributed by atoms with Gasteiger partial charge in [0.1, 0.15) is 6.29 Å². The molecule has 0 fully saturated rings. The number of aldehydes is 1. The molecule has 0 radical (unpaired) electrons. The van der Waals surface area contributed by atoms with E-state index < -0.39 is 0 Å². The summed E-state index contributed by atoms with van der Waals surface area (Å²) in [5.74, 6) is 0. The number of carbonyl (C=O) groups excluding carboxylic acids is 1. The second kappa shape index (κ2) is 5.49. The van der Waals surface area contributed by atoms with E-state index >= 15 is 0 Å². The van der Waals surface area contributed by atoms with Gasteiger partial charge in [-0.3, -0.25) is 0 Å². The van der Waals surface area contributed by atoms with Crippen LogP contribution in [0.5, 0.6) is 0 Å². The number of benzene rings is 1. The summed E-state index contributed by atoms with van der Waals surface area (Å²) in [7, 11) is 0. The number of hydrogen-bond acceptors (Lipinski definition) is 2. The van der Waals surface area contributed by atoms with Crippen LogP contribution in [-0.4, -0.2) is 12.3 Å². The van der Waals surface area contributed by atoms with Gasteiger partial charge < -0.3 is 10.1 Å². The van der Waals surface area contributed by atoms with Crippen LogP contribution in [0.2, 0.25) is 0 Å². The van der Waals surface area contributed by atoms with E-state index in [-0.39, 0.29) is 6.04 Å². The molecule has 0 heterocycles. The molecule has 0 aliphatic carbocycles. The van der Waals surface area contributed by atoms with E-state index in [1.165, 1.54) is 5.56 Å². The van der Waals surface area contributed by atoms with Crippen molar-refractivity contribution < 1.29 is 4.79 Å². The van der Waals surface area contributed by atoms with Gasteiger partial charge >= 0.3 is 0 Å². The SMILES string of the molecule is C[C@H](CC=O)NCc1ccccc1. The summed E-state index contributed by atoms with van der Waals surface area (Å²) < 4.78 is 0. The molecular formula is C11H15NO. The third-order valence-corrected chi connectivity index (χ3v) is 1.95. The lowest BCUT2D eigenvalue weighted by Crippen LogP contribution is -2.25. The summed E-state index contributed by atoms with van der Waals surface area (Å²) >= 11 is 0. The molecular weight excluding hydrogens is 162 g/mol. The molecule has 0 saturated heterocycles. The van der Waals surface area contributed by atoms with Crippen molar-refractivity contribution in [1.29, 1.82) is 0 Å². The van der Waals surface area contributed by atoms with E-state index in [9.17, 15) is 4.79 Å². The van der Waals surface area contributed by atoms with Crippen molar-refractivity contribution in [3.8, 4) is 0 Å². The normalized spacial score (nSPS) is 12.4. The summed E-state index contributed by atoms with van der Waals surface area (Å²) in [6.45, 7) is 2.84. The maximum atomic E-state index is 10.2. The second-order valence-corrected chi connectivity index (χ2v) is 3.17. The number of nitrogens with one attached hydrogen (secondary N) is 1. The van der Waals surface area contributed by atoms with Gasteiger partial charge in [0.15, 0.2) is 0 Å². The van der Waals surface area contributed by atoms with Gasteiger partial charge in [0.25, 0.3) is 0 Å². The summed E-state index contributed by atoms with van der Waals surface area (Å²) in [4.78, 5) is 10.2. The quantitative estimate of drug-likeness (QED) is 0.694. The van der Waals surface area contributed by atoms with Crippen molar-refractivity contribution in [1.82, 2.24) is 5.32 Å². The zero-order valence-corrected chi connectivity index (χ0v) is 7.86. The lowest BCUT2D eigenvalue weighted by Gasteiger charge is -2.09. The number of hydrogen-bond donors (Lipinski definition) is 1. The summed E-state index contributed by atoms with van der Waals surface area (Å²) in [5.41, 5.74) is 1.25. The fourth-order valence-electron chi connectivity index (χ4n) is 1.12. The molecule has 0 bridgehead atoms. The van der Waals surface area contributed by atoms with Crippen LogP contribution >= 0.6 is 0 Å². The fraction of sp³-hybridized carbons (Fsp3) is 0.364. The van der Waals surface area contributed by atoms with E-state index in [4.69, 9.17) is 0 Å². The summed E-state index contributed by atoms with van der Waals surface area (Å²) in [6, 6.07) is 10.4. The first-order chi connectivity index (χ1) is 6.33. The van der Waals surface area contributed by atoms with Gasteiger partial charge in [0.05, 0.1) is 0 Å². The van der Waals surface area contributed by atoms with E-state index in [0.29, 0.717) is 6.42 Å². The lowest BCUT2D eigenvalue weighted by atomic mass is 10.2. The number of rotatable bonds is 5. The van der Waals surface area contributed by atoms with Gasteiger partial charge in [0, 0.05) is 19.0 Å². The molecule has 1 aromatic rings. The van der Waals surface area contributed by atoms with E-state index in [0.717, 1.165) is 12.8 Å². The molecule has 1 atom stereocenters. The topological polar surface area (TPSA) is 29.1 Å². The molecule has 1 rings (SSSR count). The Kier molecular flexibility index (Phi) is 4.19. The van der Waals surface area contributed by atoms with Crippen molar-refractivity contribution >= 4 is 6.29 Å². The average Bonchev–Trinajstić information content (AvgIpc) is 2.17. The molecule has 0 aliphatic rings. The predicted octanol–water partition coefficient (Wildman–Crippen LogP) is 1.75. The third-order valence-electron chi connectivity index (χ3n) is 1.95. The average molecular weight is 177 g/mol. The monoisotopic (exact) mass is 177 g/mol. The molecule has 2 heteroatoms. The van der Waals surface area contributed by atoms with Gasteiger partial charge in [-0.1, -0.05) is 30.3 Å². The Morgan fingerprint density at radius 3 is 2.69 bits per heavy atom. The first kappa shape index (κ1) is 9.93. The largest absolute Gasteiger partial charge is 0.310 e. The zero-order valence-electron chi connectivity index (χ0n) is 7.86. The fourth-order valence-corrected chi connectivity index (χ4v) is 1.12. The molecule has 0 spiro atoms. The van der Waals surface area contributed by atoms with Gasteiger partial charge in [0.2, 0.25) is 0 Å². The summed E-state index contributed by atoms with van der Waals surface area (Å²) in [5, 5.41) is 3.27. The van der Waals surface area contributed by atoms with Gasteiger partial charge in [-0.25, -0.2) is 0 Å². The molecule has 2 nitrogen and oxygen atoms in total. The zero-order chi connectivity index (χ0) is 9.52. The van der Waals surface area contributed by atoms with Crippen molar-refractivity contribution in [2.24, 2.45) is 0 Å². The van der Waals surface area contributed by atoms with Gasteiger partial charge in [-0.2, -0.15) is 0 Å². The van der Waals surface area contributed by atoms with Crippen LogP contribution < -0.4 is 5.32 Å². The first-order valence-electron chi connectivity index (χ1n) is 4.54. The van der Waals surface area contributed by atoms with E-state index in [2.05, 4.69) is 17.4 Å². The van der Waals surface area contributed by atoms with Crippen LogP contribution in [0.15, 0.2) is 30.3 Å². The Morgan fingerprint density at radius 1 is 1.38 bits per heavy atom. The van der Waals surface area contributed by atoms with Crippen LogP contribution in [0, 0.1) is 0 Å². The Bertz CT molecular complexity index is 246. The van der Waals surface area contributed by atoms with Crippen LogP contribution in [0.25, 0.3) is 0 Å². The molecule has 0 saturated carbocycles. The van der Waals surface area contributed by atoms with Gasteiger partial charge in [-0.15, -0.1) is 0 Å². The molecule has 70 valence electrons. The molecule has 0 aliphatic heterocycles. The van der Waals surface area contributed by atoms with Crippen LogP contribution in [0.1, 0.15) is 18.9 Å². The van der Waals surface area contributed by atoms with Crippen LogP contribution in [-0.2, 0) is 11.3 Å². The molecule has 13 heavy (non-hydrogen) atoms. The summed E-state index contributed by atoms with van der Waals surface area (Å²) in [6.07, 6.45) is 1.52. The smallest absolute Gasteiger partial charge is 0.121 e. The number of carbonyl (C=O) groups is 1. The Balaban J connectivity index is 2.30. The van der Waals surface area contributed by atoms with E-state index in [1.807, 2.05) is 25.1 Å². The molecule has 1 N–H and O–H groups in total. The minimum Gasteiger partial charge on any atom is -0.310 e. The highest BCUT2D eigenvalue weighted by molar-refractivity contribution is 5.50. The first-order valence-corrected chi connectivity index (χ1v) is 4.54. The molecule has 0 unspecified atom stereocenters. The van der Waals surface area contributed by atoms with Crippen LogP contribution in [0.3, 0.4) is 0 Å². The van der Waals surface area contributed by atoms with Crippen molar-refractivity contribution in [2.75, 3.05) is 0 Å². The van der Waals surface area contributed by atoms with Crippen LogP contribution in [0.4, 0.5) is 0 Å². The predicted molar refractivity (Wildman–Crippen MR) is 53.4 cm³/mol. The maximum absolute atomic E-state index is 10.2. The lowest BCUT2D eigenvalue weighted by molar-refractivity contribution is -0.108. The minimum absolute atomic E-state index is 0.262. The Morgan fingerprint density at radius 2 is 2.08 bits per heavy atom. The Hall–Kier alpha value is -1.15. The highest BCUT2D eigenvalue weighted by atomic mass is 16.1. The van der Waals surface area contributed by atoms with Crippen molar-refractivity contribution in [3.63, 3.8) is 0 Å². The standard InChI is InChI=1S/C11H15NO/c1-10(7-8-13)12-9-11-5-3-2-4-6-11/h2-6,8,10,12H,7,9H2,1H3/t10-/m1/s1. The highest BCUT2D eigenvalue weighted by Crippen LogP contribution is 1.98. The minimum atomic E-state index is 0.262. The van der Waals surface area contributed by atoms with Crippen molar-refractivity contribution in [3.05, 3.63) is 35.9 Å². The molecule has 1 aromatic carbocycles. The Labute approximate surface area is 79.0 Å². The highest BCUT2D eigenvalue weighted by Gasteiger charge is 1.98. The third kappa shape index (κ3) is 3.85. The van der Waals surface area contributed by atoms with Gasteiger partial charge in [-0.05, 0) is 12.5 Å². The second-order valence-electron chi connectivity index (χ2n) is 3.17. The van der Waals surface area contributed by atoms with E-state index in [1.54, 1.807) is 0 Å². The maximum Gasteiger partial charge on any atom is 0.121 e. The molecule has 0 aromatic heterocycles. The molecule has 0 amide bonds.